The highest BCUT2D eigenvalue weighted by atomic mass is 32.2. The zero-order valence-corrected chi connectivity index (χ0v) is 5.28. The van der Waals surface area contributed by atoms with Gasteiger partial charge in [-0.1, -0.05) is 0 Å². The summed E-state index contributed by atoms with van der Waals surface area (Å²) in [6.45, 7) is -0.729. The van der Waals surface area contributed by atoms with Crippen LogP contribution in [0.5, 0.6) is 0 Å². The summed E-state index contributed by atoms with van der Waals surface area (Å²) in [5, 5.41) is 25.0. The van der Waals surface area contributed by atoms with Gasteiger partial charge in [-0.25, -0.2) is 4.21 Å². The summed E-state index contributed by atoms with van der Waals surface area (Å²) in [6, 6.07) is 0. The van der Waals surface area contributed by atoms with Gasteiger partial charge in [-0.15, -0.1) is 0 Å². The van der Waals surface area contributed by atoms with E-state index in [4.69, 9.17) is 19.9 Å². The van der Waals surface area contributed by atoms with Gasteiger partial charge in [0, 0.05) is 0 Å². The molecule has 3 unspecified atom stereocenters. The van der Waals surface area contributed by atoms with Crippen molar-refractivity contribution in [2.45, 2.75) is 11.5 Å². The lowest BCUT2D eigenvalue weighted by atomic mass is 10.4. The Morgan fingerprint density at radius 1 is 1.44 bits per heavy atom. The molecule has 9 heavy (non-hydrogen) atoms. The average Bonchev–Trinajstić information content (AvgIpc) is 1.84. The van der Waals surface area contributed by atoms with Crippen molar-refractivity contribution in [3.05, 3.63) is 0 Å². The minimum Gasteiger partial charge on any atom is -0.394 e. The predicted octanol–water partition coefficient (Wildman–Crippen LogP) is -2.12. The molecule has 3 atom stereocenters. The molecule has 4 N–H and O–H groups in total. The number of hydrogen-bond acceptors (Lipinski definition) is 4. The number of rotatable bonds is 3. The second-order valence-corrected chi connectivity index (χ2v) is 2.45. The molecule has 0 rings (SSSR count). The van der Waals surface area contributed by atoms with Gasteiger partial charge in [0.1, 0.15) is 6.10 Å². The molecule has 0 bridgehead atoms. The highest BCUT2D eigenvalue weighted by Gasteiger charge is 2.19. The van der Waals surface area contributed by atoms with Gasteiger partial charge < -0.3 is 19.9 Å². The molecule has 0 aromatic rings. The minimum atomic E-state index is -2.49. The Labute approximate surface area is 54.2 Å². The van der Waals surface area contributed by atoms with Gasteiger partial charge in [0.2, 0.25) is 0 Å². The third kappa shape index (κ3) is 2.87. The van der Waals surface area contributed by atoms with Crippen molar-refractivity contribution in [3.8, 4) is 0 Å². The molecular weight excluding hydrogens is 148 g/mol. The largest absolute Gasteiger partial charge is 0.394 e. The SMILES string of the molecule is O=S(O)C(O)C(O)CO. The normalized spacial score (nSPS) is 20.9. The standard InChI is InChI=1S/C3H8O5S/c4-1-2(5)3(6)9(7)8/h2-6H,1H2,(H,7,8). The van der Waals surface area contributed by atoms with Crippen molar-refractivity contribution in [3.63, 3.8) is 0 Å². The van der Waals surface area contributed by atoms with Gasteiger partial charge in [-0.3, -0.25) is 0 Å². The quantitative estimate of drug-likeness (QED) is 0.350. The molecule has 0 aliphatic heterocycles. The lowest BCUT2D eigenvalue weighted by Gasteiger charge is -2.09. The Morgan fingerprint density at radius 2 is 1.89 bits per heavy atom. The Hall–Kier alpha value is -0.0100. The van der Waals surface area contributed by atoms with Crippen LogP contribution in [0, 0.1) is 0 Å². The summed E-state index contributed by atoms with van der Waals surface area (Å²) in [5.41, 5.74) is -1.78. The van der Waals surface area contributed by atoms with Crippen LogP contribution in [-0.2, 0) is 11.1 Å². The summed E-state index contributed by atoms with van der Waals surface area (Å²) in [5.74, 6) is 0. The molecule has 6 heteroatoms. The lowest BCUT2D eigenvalue weighted by Crippen LogP contribution is -2.32. The number of hydrogen-bond donors (Lipinski definition) is 4. The molecule has 0 amide bonds. The van der Waals surface area contributed by atoms with Gasteiger partial charge in [0.15, 0.2) is 16.5 Å². The summed E-state index contributed by atoms with van der Waals surface area (Å²) in [4.78, 5) is 0. The molecule has 0 aromatic carbocycles. The molecule has 56 valence electrons. The molecular formula is C3H8O5S. The van der Waals surface area contributed by atoms with E-state index >= 15 is 0 Å². The fourth-order valence-electron chi connectivity index (χ4n) is 0.225. The summed E-state index contributed by atoms with van der Waals surface area (Å²) in [7, 11) is 0. The maximum atomic E-state index is 9.89. The predicted molar refractivity (Wildman–Crippen MR) is 29.9 cm³/mol. The molecule has 0 aliphatic rings. The zero-order chi connectivity index (χ0) is 7.44. The van der Waals surface area contributed by atoms with E-state index in [9.17, 15) is 4.21 Å². The highest BCUT2D eigenvalue weighted by Crippen LogP contribution is 1.94. The average molecular weight is 156 g/mol. The first-order valence-corrected chi connectivity index (χ1v) is 3.33. The Balaban J connectivity index is 3.72. The van der Waals surface area contributed by atoms with E-state index in [2.05, 4.69) is 0 Å². The van der Waals surface area contributed by atoms with E-state index < -0.39 is 29.2 Å². The van der Waals surface area contributed by atoms with Crippen molar-refractivity contribution < 1.29 is 24.1 Å². The summed E-state index contributed by atoms with van der Waals surface area (Å²) in [6.07, 6.45) is -1.55. The number of aliphatic hydroxyl groups is 3. The van der Waals surface area contributed by atoms with Crippen LogP contribution >= 0.6 is 0 Å². The van der Waals surface area contributed by atoms with Gasteiger partial charge >= 0.3 is 0 Å². The Kier molecular flexibility index (Phi) is 3.91. The van der Waals surface area contributed by atoms with E-state index in [0.29, 0.717) is 0 Å². The van der Waals surface area contributed by atoms with Crippen LogP contribution in [-0.4, -0.2) is 42.2 Å². The van der Waals surface area contributed by atoms with E-state index in [1.807, 2.05) is 0 Å². The van der Waals surface area contributed by atoms with Gasteiger partial charge in [-0.05, 0) is 0 Å². The first kappa shape index (κ1) is 8.99. The van der Waals surface area contributed by atoms with Crippen LogP contribution < -0.4 is 0 Å². The van der Waals surface area contributed by atoms with Crippen molar-refractivity contribution >= 4 is 11.1 Å². The molecule has 0 aliphatic carbocycles. The van der Waals surface area contributed by atoms with E-state index in [1.54, 1.807) is 0 Å². The van der Waals surface area contributed by atoms with Crippen LogP contribution in [0.2, 0.25) is 0 Å². The summed E-state index contributed by atoms with van der Waals surface area (Å²) >= 11 is -2.49. The van der Waals surface area contributed by atoms with Crippen molar-refractivity contribution in [2.75, 3.05) is 6.61 Å². The van der Waals surface area contributed by atoms with Crippen molar-refractivity contribution in [2.24, 2.45) is 0 Å². The van der Waals surface area contributed by atoms with Crippen LogP contribution in [0.15, 0.2) is 0 Å². The monoisotopic (exact) mass is 156 g/mol. The molecule has 0 saturated heterocycles. The second-order valence-electron chi connectivity index (χ2n) is 1.42. The number of aliphatic hydroxyl groups excluding tert-OH is 3. The smallest absolute Gasteiger partial charge is 0.185 e. The third-order valence-corrected chi connectivity index (χ3v) is 1.45. The van der Waals surface area contributed by atoms with Crippen LogP contribution in [0.4, 0.5) is 0 Å². The fourth-order valence-corrected chi connectivity index (χ4v) is 0.579. The molecule has 0 fully saturated rings. The van der Waals surface area contributed by atoms with Crippen LogP contribution in [0.25, 0.3) is 0 Å². The first-order valence-electron chi connectivity index (χ1n) is 2.16. The van der Waals surface area contributed by atoms with E-state index in [0.717, 1.165) is 0 Å². The van der Waals surface area contributed by atoms with Crippen molar-refractivity contribution in [1.29, 1.82) is 0 Å². The van der Waals surface area contributed by atoms with E-state index in [1.165, 1.54) is 0 Å². The molecule has 0 spiro atoms. The molecule has 0 saturated carbocycles. The lowest BCUT2D eigenvalue weighted by molar-refractivity contribution is 0.0235. The van der Waals surface area contributed by atoms with Gasteiger partial charge in [-0.2, -0.15) is 0 Å². The topological polar surface area (TPSA) is 98.0 Å². The van der Waals surface area contributed by atoms with Gasteiger partial charge in [0.05, 0.1) is 6.61 Å². The fraction of sp³-hybridized carbons (Fsp3) is 1.00. The summed E-state index contributed by atoms with van der Waals surface area (Å²) < 4.78 is 18.0. The molecule has 0 radical (unpaired) electrons. The Bertz CT molecular complexity index is 104. The highest BCUT2D eigenvalue weighted by molar-refractivity contribution is 7.79. The van der Waals surface area contributed by atoms with Gasteiger partial charge in [0.25, 0.3) is 0 Å². The second kappa shape index (κ2) is 3.91. The molecule has 0 aromatic heterocycles. The maximum Gasteiger partial charge on any atom is 0.185 e. The third-order valence-electron chi connectivity index (χ3n) is 0.723. The van der Waals surface area contributed by atoms with Crippen LogP contribution in [0.1, 0.15) is 0 Å². The molecule has 0 heterocycles. The zero-order valence-electron chi connectivity index (χ0n) is 4.47. The minimum absolute atomic E-state index is 0.729. The van der Waals surface area contributed by atoms with E-state index in [-0.39, 0.29) is 0 Å². The first-order chi connectivity index (χ1) is 4.09. The molecule has 5 nitrogen and oxygen atoms in total. The van der Waals surface area contributed by atoms with Crippen molar-refractivity contribution in [1.82, 2.24) is 0 Å². The van der Waals surface area contributed by atoms with Crippen LogP contribution in [0.3, 0.4) is 0 Å². The maximum absolute atomic E-state index is 9.89. The Morgan fingerprint density at radius 3 is 2.00 bits per heavy atom.